The van der Waals surface area contributed by atoms with Gasteiger partial charge in [-0.2, -0.15) is 0 Å². The van der Waals surface area contributed by atoms with E-state index < -0.39 is 5.60 Å². The van der Waals surface area contributed by atoms with Crippen molar-refractivity contribution in [2.45, 2.75) is 39.4 Å². The van der Waals surface area contributed by atoms with Crippen LogP contribution in [0.5, 0.6) is 0 Å². The normalized spacial score (nSPS) is 14.0. The summed E-state index contributed by atoms with van der Waals surface area (Å²) in [6, 6.07) is 5.62. The third kappa shape index (κ3) is 2.78. The lowest BCUT2D eigenvalue weighted by molar-refractivity contribution is -0.277. The fraction of sp³-hybridized carbons (Fsp3) is 0.500. The molecular formula is C12H18O3. The van der Waals surface area contributed by atoms with Crippen LogP contribution in [0, 0.1) is 6.92 Å². The largest absolute Gasteiger partial charge is 0.386 e. The van der Waals surface area contributed by atoms with Gasteiger partial charge in [0.25, 0.3) is 0 Å². The van der Waals surface area contributed by atoms with E-state index in [4.69, 9.17) is 5.26 Å². The second kappa shape index (κ2) is 4.31. The fourth-order valence-electron chi connectivity index (χ4n) is 1.57. The molecule has 15 heavy (non-hydrogen) atoms. The molecule has 0 saturated carbocycles. The van der Waals surface area contributed by atoms with Gasteiger partial charge < -0.3 is 5.11 Å². The van der Waals surface area contributed by atoms with Crippen molar-refractivity contribution in [3.05, 3.63) is 34.9 Å². The molecule has 84 valence electrons. The second-order valence-electron chi connectivity index (χ2n) is 4.38. The van der Waals surface area contributed by atoms with Gasteiger partial charge in [-0.25, -0.2) is 4.89 Å². The number of benzene rings is 1. The molecule has 0 aromatic heterocycles. The first-order chi connectivity index (χ1) is 6.86. The average Bonchev–Trinajstić information content (AvgIpc) is 2.15. The van der Waals surface area contributed by atoms with Crippen molar-refractivity contribution in [2.24, 2.45) is 0 Å². The second-order valence-corrected chi connectivity index (χ2v) is 4.38. The molecule has 1 aromatic rings. The molecule has 0 aliphatic carbocycles. The highest BCUT2D eigenvalue weighted by molar-refractivity contribution is 5.34. The summed E-state index contributed by atoms with van der Waals surface area (Å²) >= 11 is 0. The number of hydrogen-bond donors (Lipinski definition) is 2. The molecule has 1 rings (SSSR count). The van der Waals surface area contributed by atoms with E-state index in [1.807, 2.05) is 25.1 Å². The van der Waals surface area contributed by atoms with Gasteiger partial charge in [0.2, 0.25) is 0 Å². The Kier molecular flexibility index (Phi) is 3.50. The van der Waals surface area contributed by atoms with E-state index in [0.29, 0.717) is 0 Å². The van der Waals surface area contributed by atoms with Crippen molar-refractivity contribution in [1.29, 1.82) is 0 Å². The van der Waals surface area contributed by atoms with Gasteiger partial charge in [0.15, 0.2) is 0 Å². The molecule has 0 heterocycles. The number of aliphatic hydroxyl groups is 1. The molecule has 1 atom stereocenters. The van der Waals surface area contributed by atoms with Crippen molar-refractivity contribution in [3.8, 4) is 0 Å². The minimum Gasteiger partial charge on any atom is -0.386 e. The van der Waals surface area contributed by atoms with Gasteiger partial charge in [-0.05, 0) is 44.4 Å². The van der Waals surface area contributed by atoms with E-state index in [1.165, 1.54) is 0 Å². The third-order valence-electron chi connectivity index (χ3n) is 2.57. The van der Waals surface area contributed by atoms with Crippen LogP contribution in [-0.2, 0) is 10.5 Å². The van der Waals surface area contributed by atoms with Crippen molar-refractivity contribution in [3.63, 3.8) is 0 Å². The molecule has 2 N–H and O–H groups in total. The Labute approximate surface area is 90.3 Å². The molecule has 0 saturated heterocycles. The van der Waals surface area contributed by atoms with Crippen molar-refractivity contribution < 1.29 is 15.3 Å². The Morgan fingerprint density at radius 1 is 1.33 bits per heavy atom. The topological polar surface area (TPSA) is 49.7 Å². The van der Waals surface area contributed by atoms with E-state index in [-0.39, 0.29) is 6.10 Å². The quantitative estimate of drug-likeness (QED) is 0.595. The van der Waals surface area contributed by atoms with Crippen LogP contribution in [0.4, 0.5) is 0 Å². The Balaban J connectivity index is 3.09. The van der Waals surface area contributed by atoms with Crippen LogP contribution in [-0.4, -0.2) is 10.4 Å². The molecule has 3 heteroatoms. The Bertz CT molecular complexity index is 339. The summed E-state index contributed by atoms with van der Waals surface area (Å²) in [6.45, 7) is 7.19. The van der Waals surface area contributed by atoms with Gasteiger partial charge >= 0.3 is 0 Å². The predicted molar refractivity (Wildman–Crippen MR) is 58.6 cm³/mol. The summed E-state index contributed by atoms with van der Waals surface area (Å²) in [4.78, 5) is 4.28. The van der Waals surface area contributed by atoms with Crippen LogP contribution in [0.2, 0.25) is 0 Å². The van der Waals surface area contributed by atoms with E-state index in [2.05, 4.69) is 4.89 Å². The average molecular weight is 210 g/mol. The lowest BCUT2D eigenvalue weighted by Crippen LogP contribution is -2.16. The SMILES string of the molecule is Cc1cc(C(C)(C)O)ccc1C(C)OO. The van der Waals surface area contributed by atoms with Crippen molar-refractivity contribution >= 4 is 0 Å². The molecule has 0 fully saturated rings. The molecule has 0 aliphatic heterocycles. The van der Waals surface area contributed by atoms with Crippen LogP contribution in [0.25, 0.3) is 0 Å². The Morgan fingerprint density at radius 2 is 1.93 bits per heavy atom. The van der Waals surface area contributed by atoms with Crippen LogP contribution in [0.3, 0.4) is 0 Å². The monoisotopic (exact) mass is 210 g/mol. The Morgan fingerprint density at radius 3 is 2.33 bits per heavy atom. The molecular weight excluding hydrogens is 192 g/mol. The zero-order valence-corrected chi connectivity index (χ0v) is 9.61. The molecule has 1 aromatic carbocycles. The summed E-state index contributed by atoms with van der Waals surface area (Å²) < 4.78 is 0. The van der Waals surface area contributed by atoms with Crippen LogP contribution < -0.4 is 0 Å². The highest BCUT2D eigenvalue weighted by atomic mass is 17.1. The minimum atomic E-state index is -0.841. The van der Waals surface area contributed by atoms with Crippen LogP contribution in [0.1, 0.15) is 43.6 Å². The molecule has 0 radical (unpaired) electrons. The lowest BCUT2D eigenvalue weighted by atomic mass is 9.93. The summed E-state index contributed by atoms with van der Waals surface area (Å²) in [5, 5.41) is 18.4. The number of aryl methyl sites for hydroxylation is 1. The first-order valence-electron chi connectivity index (χ1n) is 5.00. The van der Waals surface area contributed by atoms with Crippen molar-refractivity contribution in [2.75, 3.05) is 0 Å². The molecule has 0 bridgehead atoms. The Hall–Kier alpha value is -0.900. The van der Waals surface area contributed by atoms with Gasteiger partial charge in [0.1, 0.15) is 6.10 Å². The first-order valence-corrected chi connectivity index (χ1v) is 5.00. The van der Waals surface area contributed by atoms with Gasteiger partial charge in [-0.1, -0.05) is 18.2 Å². The molecule has 3 nitrogen and oxygen atoms in total. The van der Waals surface area contributed by atoms with Gasteiger partial charge in [0, 0.05) is 0 Å². The summed E-state index contributed by atoms with van der Waals surface area (Å²) in [5.74, 6) is 0. The lowest BCUT2D eigenvalue weighted by Gasteiger charge is -2.20. The predicted octanol–water partition coefficient (Wildman–Crippen LogP) is 2.77. The summed E-state index contributed by atoms with van der Waals surface area (Å²) in [5.41, 5.74) is 1.93. The van der Waals surface area contributed by atoms with Crippen molar-refractivity contribution in [1.82, 2.24) is 0 Å². The molecule has 0 amide bonds. The third-order valence-corrected chi connectivity index (χ3v) is 2.57. The number of hydrogen-bond acceptors (Lipinski definition) is 3. The smallest absolute Gasteiger partial charge is 0.115 e. The highest BCUT2D eigenvalue weighted by Crippen LogP contribution is 2.26. The minimum absolute atomic E-state index is 0.346. The van der Waals surface area contributed by atoms with E-state index >= 15 is 0 Å². The van der Waals surface area contributed by atoms with Gasteiger partial charge in [-0.3, -0.25) is 5.26 Å². The number of rotatable bonds is 3. The van der Waals surface area contributed by atoms with E-state index in [0.717, 1.165) is 16.7 Å². The summed E-state index contributed by atoms with van der Waals surface area (Å²) in [7, 11) is 0. The van der Waals surface area contributed by atoms with E-state index in [1.54, 1.807) is 20.8 Å². The van der Waals surface area contributed by atoms with Gasteiger partial charge in [-0.15, -0.1) is 0 Å². The fourth-order valence-corrected chi connectivity index (χ4v) is 1.57. The maximum atomic E-state index is 9.82. The zero-order valence-electron chi connectivity index (χ0n) is 9.61. The summed E-state index contributed by atoms with van der Waals surface area (Å²) in [6.07, 6.45) is -0.346. The molecule has 0 aliphatic rings. The van der Waals surface area contributed by atoms with Crippen LogP contribution in [0.15, 0.2) is 18.2 Å². The molecule has 1 unspecified atom stereocenters. The maximum absolute atomic E-state index is 9.82. The van der Waals surface area contributed by atoms with Crippen LogP contribution >= 0.6 is 0 Å². The highest BCUT2D eigenvalue weighted by Gasteiger charge is 2.17. The zero-order chi connectivity index (χ0) is 11.6. The maximum Gasteiger partial charge on any atom is 0.115 e. The molecule has 0 spiro atoms. The van der Waals surface area contributed by atoms with E-state index in [9.17, 15) is 5.11 Å². The first kappa shape index (κ1) is 12.2. The van der Waals surface area contributed by atoms with Gasteiger partial charge in [0.05, 0.1) is 5.60 Å². The standard InChI is InChI=1S/C12H18O3/c1-8-7-10(12(3,4)13)5-6-11(8)9(2)15-14/h5-7,9,13-14H,1-4H3.